The van der Waals surface area contributed by atoms with Gasteiger partial charge in [0.2, 0.25) is 0 Å². The summed E-state index contributed by atoms with van der Waals surface area (Å²) in [6.45, 7) is 4.61. The molecular weight excluding hydrogens is 331 g/mol. The number of hydrogen-bond acceptors (Lipinski definition) is 0. The molecular formula is C17H23ClZr. The summed E-state index contributed by atoms with van der Waals surface area (Å²) in [6, 6.07) is 0. The van der Waals surface area contributed by atoms with Crippen LogP contribution in [0.2, 0.25) is 0 Å². The standard InChI is InChI=1S/C7H13.2C5H5.ClH.Zr/c1-4-5-6-7(2)3;2*1-2-4-5-3-1;;/h1,4,7H,5-6H2,2-3H3;2*1-3H,4H2;1H;/q;;;;+1/p-1. The number of halogens is 1. The summed E-state index contributed by atoms with van der Waals surface area (Å²) >= 11 is -1.62. The van der Waals surface area contributed by atoms with Crippen LogP contribution in [0.4, 0.5) is 0 Å². The predicted molar refractivity (Wildman–Crippen MR) is 76.9 cm³/mol. The zero-order valence-corrected chi connectivity index (χ0v) is 15.1. The Morgan fingerprint density at radius 1 is 1.11 bits per heavy atom. The van der Waals surface area contributed by atoms with E-state index in [1.807, 2.05) is 0 Å². The van der Waals surface area contributed by atoms with Gasteiger partial charge < -0.3 is 12.4 Å². The molecule has 0 nitrogen and oxygen atoms in total. The summed E-state index contributed by atoms with van der Waals surface area (Å²) in [5.74, 6) is 0.821. The zero-order chi connectivity index (χ0) is 12.8. The Morgan fingerprint density at radius 2 is 1.68 bits per heavy atom. The van der Waals surface area contributed by atoms with Gasteiger partial charge in [0.15, 0.2) is 0 Å². The monoisotopic (exact) mass is 352 g/mol. The first kappa shape index (κ1) is 16.9. The van der Waals surface area contributed by atoms with Crippen molar-refractivity contribution in [2.24, 2.45) is 5.92 Å². The molecule has 0 saturated heterocycles. The molecule has 2 aliphatic rings. The molecule has 0 aromatic heterocycles. The van der Waals surface area contributed by atoms with Crippen molar-refractivity contribution in [1.29, 1.82) is 0 Å². The smallest absolute Gasteiger partial charge is 1.00 e. The number of allylic oxidation sites excluding steroid dienone is 9. The Morgan fingerprint density at radius 3 is 2.11 bits per heavy atom. The van der Waals surface area contributed by atoms with Gasteiger partial charge in [-0.15, -0.1) is 0 Å². The van der Waals surface area contributed by atoms with Crippen LogP contribution < -0.4 is 12.4 Å². The van der Waals surface area contributed by atoms with Crippen molar-refractivity contribution in [1.82, 2.24) is 0 Å². The number of hydrogen-bond donors (Lipinski definition) is 0. The summed E-state index contributed by atoms with van der Waals surface area (Å²) in [6.07, 6.45) is 21.3. The van der Waals surface area contributed by atoms with Gasteiger partial charge in [0, 0.05) is 0 Å². The zero-order valence-electron chi connectivity index (χ0n) is 11.9. The molecule has 0 bridgehead atoms. The van der Waals surface area contributed by atoms with E-state index >= 15 is 0 Å². The fraction of sp³-hybridized carbons (Fsp3) is 0.412. The van der Waals surface area contributed by atoms with Crippen molar-refractivity contribution in [3.8, 4) is 0 Å². The molecule has 19 heavy (non-hydrogen) atoms. The summed E-state index contributed by atoms with van der Waals surface area (Å²) < 4.78 is 6.10. The van der Waals surface area contributed by atoms with Gasteiger partial charge in [-0.2, -0.15) is 0 Å². The van der Waals surface area contributed by atoms with E-state index in [4.69, 9.17) is 0 Å². The van der Waals surface area contributed by atoms with Gasteiger partial charge in [-0.05, 0) is 0 Å². The van der Waals surface area contributed by atoms with Crippen LogP contribution in [-0.4, -0.2) is 0 Å². The van der Waals surface area contributed by atoms with Crippen LogP contribution in [0.5, 0.6) is 0 Å². The topological polar surface area (TPSA) is 0 Å². The van der Waals surface area contributed by atoms with Crippen molar-refractivity contribution in [2.75, 3.05) is 0 Å². The van der Waals surface area contributed by atoms with E-state index in [1.54, 1.807) is 6.56 Å². The molecule has 0 N–H and O–H groups in total. The molecule has 0 fully saturated rings. The second-order valence-corrected chi connectivity index (χ2v) is 11.4. The maximum Gasteiger partial charge on any atom is -1.00 e. The maximum atomic E-state index is 2.61. The van der Waals surface area contributed by atoms with Crippen LogP contribution >= 0.6 is 0 Å². The Bertz CT molecular complexity index is 395. The summed E-state index contributed by atoms with van der Waals surface area (Å²) in [4.78, 5) is 0. The van der Waals surface area contributed by atoms with Gasteiger partial charge in [0.05, 0.1) is 0 Å². The summed E-state index contributed by atoms with van der Waals surface area (Å²) in [5, 5.41) is 0. The van der Waals surface area contributed by atoms with E-state index in [0.29, 0.717) is 0 Å². The van der Waals surface area contributed by atoms with Crippen molar-refractivity contribution in [3.63, 3.8) is 0 Å². The van der Waals surface area contributed by atoms with E-state index in [0.717, 1.165) is 5.92 Å². The third kappa shape index (κ3) is 5.40. The average molecular weight is 354 g/mol. The molecule has 2 rings (SSSR count). The van der Waals surface area contributed by atoms with E-state index < -0.39 is 21.8 Å². The minimum Gasteiger partial charge on any atom is -1.00 e. The van der Waals surface area contributed by atoms with E-state index in [-0.39, 0.29) is 12.4 Å². The van der Waals surface area contributed by atoms with Gasteiger partial charge >= 0.3 is 120 Å². The first-order valence-corrected chi connectivity index (χ1v) is 10.9. The predicted octanol–water partition coefficient (Wildman–Crippen LogP) is 2.25. The first-order valence-electron chi connectivity index (χ1n) is 7.03. The van der Waals surface area contributed by atoms with Crippen LogP contribution in [-0.2, 0) is 21.8 Å². The van der Waals surface area contributed by atoms with Crippen molar-refractivity contribution in [3.05, 3.63) is 52.9 Å². The number of rotatable bonds is 6. The maximum absolute atomic E-state index is 2.61. The molecule has 102 valence electrons. The Kier molecular flexibility index (Phi) is 7.95. The van der Waals surface area contributed by atoms with Gasteiger partial charge in [0.25, 0.3) is 0 Å². The van der Waals surface area contributed by atoms with Crippen LogP contribution in [0.1, 0.15) is 39.5 Å². The first-order chi connectivity index (χ1) is 8.77. The van der Waals surface area contributed by atoms with Crippen molar-refractivity contribution in [2.45, 2.75) is 39.5 Å². The van der Waals surface area contributed by atoms with Gasteiger partial charge in [0.1, 0.15) is 0 Å². The fourth-order valence-electron chi connectivity index (χ4n) is 2.35. The third-order valence-corrected chi connectivity index (χ3v) is 10.1. The van der Waals surface area contributed by atoms with Crippen LogP contribution in [0.25, 0.3) is 0 Å². The fourth-order valence-corrected chi connectivity index (χ4v) is 8.42. The van der Waals surface area contributed by atoms with Gasteiger partial charge in [-0.25, -0.2) is 0 Å². The molecule has 0 atom stereocenters. The second-order valence-electron chi connectivity index (χ2n) is 5.44. The minimum absolute atomic E-state index is 0. The van der Waals surface area contributed by atoms with E-state index in [2.05, 4.69) is 60.2 Å². The van der Waals surface area contributed by atoms with Crippen molar-refractivity contribution >= 4 is 0 Å². The molecule has 0 aliphatic heterocycles. The molecule has 0 amide bonds. The molecule has 0 unspecified atom stereocenters. The molecule has 0 heterocycles. The third-order valence-electron chi connectivity index (χ3n) is 3.43. The molecule has 2 aliphatic carbocycles. The Hall–Kier alpha value is -0.127. The average Bonchev–Trinajstić information content (AvgIpc) is 3.01. The molecule has 0 saturated carbocycles. The molecule has 0 spiro atoms. The Balaban J connectivity index is 0.00000180. The molecule has 0 aromatic carbocycles. The normalized spacial score (nSPS) is 17.0. The van der Waals surface area contributed by atoms with E-state index in [1.165, 1.54) is 25.7 Å². The van der Waals surface area contributed by atoms with Crippen LogP contribution in [0.3, 0.4) is 0 Å². The second kappa shape index (κ2) is 8.93. The largest absolute Gasteiger partial charge is 1.00 e. The molecule has 2 heteroatoms. The van der Waals surface area contributed by atoms with Crippen LogP contribution in [0.15, 0.2) is 52.9 Å². The van der Waals surface area contributed by atoms with Gasteiger partial charge in [-0.1, -0.05) is 0 Å². The van der Waals surface area contributed by atoms with Crippen molar-refractivity contribution < 1.29 is 34.2 Å². The summed E-state index contributed by atoms with van der Waals surface area (Å²) in [7, 11) is 0. The summed E-state index contributed by atoms with van der Waals surface area (Å²) in [5.41, 5.74) is 0. The van der Waals surface area contributed by atoms with Gasteiger partial charge in [-0.3, -0.25) is 0 Å². The Labute approximate surface area is 132 Å². The molecule has 0 radical (unpaired) electrons. The molecule has 0 aromatic rings. The SMILES string of the molecule is CC(C)CC/C=[CH]/[Zr+]([C]1=CC=CC1)[C]1=CC=CC1.[Cl-]. The van der Waals surface area contributed by atoms with E-state index in [9.17, 15) is 0 Å². The minimum atomic E-state index is -1.62. The van der Waals surface area contributed by atoms with Crippen LogP contribution in [0, 0.1) is 5.92 Å². The quantitative estimate of drug-likeness (QED) is 0.687.